The Bertz CT molecular complexity index is 989. The van der Waals surface area contributed by atoms with Crippen LogP contribution in [0.2, 0.25) is 0 Å². The van der Waals surface area contributed by atoms with Crippen molar-refractivity contribution >= 4 is 11.9 Å². The van der Waals surface area contributed by atoms with Crippen LogP contribution >= 0.6 is 0 Å². The zero-order chi connectivity index (χ0) is 22.3. The average Bonchev–Trinajstić information content (AvgIpc) is 2.96. The molecule has 1 unspecified atom stereocenters. The lowest BCUT2D eigenvalue weighted by Crippen LogP contribution is -2.59. The molecule has 0 radical (unpaired) electrons. The van der Waals surface area contributed by atoms with Crippen molar-refractivity contribution in [3.05, 3.63) is 71.0 Å². The number of halogens is 4. The third kappa shape index (κ3) is 3.77. The lowest BCUT2D eigenvalue weighted by atomic mass is 9.74. The maximum Gasteiger partial charge on any atom is 0.426 e. The summed E-state index contributed by atoms with van der Waals surface area (Å²) < 4.78 is 60.6. The van der Waals surface area contributed by atoms with Gasteiger partial charge in [0.1, 0.15) is 5.82 Å². The quantitative estimate of drug-likeness (QED) is 0.565. The predicted molar refractivity (Wildman–Crippen MR) is 97.8 cm³/mol. The number of ether oxygens (including phenoxy) is 1. The molecule has 1 aliphatic rings. The summed E-state index contributed by atoms with van der Waals surface area (Å²) in [6.07, 6.45) is -8.01. The van der Waals surface area contributed by atoms with Gasteiger partial charge in [0.05, 0.1) is 5.56 Å². The lowest BCUT2D eigenvalue weighted by Gasteiger charge is -2.37. The van der Waals surface area contributed by atoms with Gasteiger partial charge < -0.3 is 15.2 Å². The Labute approximate surface area is 169 Å². The van der Waals surface area contributed by atoms with Crippen molar-refractivity contribution in [3.63, 3.8) is 0 Å². The van der Waals surface area contributed by atoms with Gasteiger partial charge in [-0.15, -0.1) is 0 Å². The van der Waals surface area contributed by atoms with Gasteiger partial charge in [-0.2, -0.15) is 13.2 Å². The van der Waals surface area contributed by atoms with Gasteiger partial charge in [-0.25, -0.2) is 9.18 Å². The maximum atomic E-state index is 14.2. The van der Waals surface area contributed by atoms with Crippen molar-refractivity contribution in [1.29, 1.82) is 0 Å². The maximum absolute atomic E-state index is 14.2. The summed E-state index contributed by atoms with van der Waals surface area (Å²) in [5.41, 5.74) is -5.23. The average molecular weight is 425 g/mol. The SMILES string of the molecule is CC(C)(CC(O)(C(=O)N[C@H]1OC(=O)c2ccccc21)C(F)(F)F)c1ccccc1F. The molecule has 1 amide bonds. The van der Waals surface area contributed by atoms with Crippen LogP contribution in [-0.2, 0) is 14.9 Å². The van der Waals surface area contributed by atoms with Crippen LogP contribution in [0.15, 0.2) is 48.5 Å². The second-order valence-electron chi connectivity index (χ2n) is 7.74. The summed E-state index contributed by atoms with van der Waals surface area (Å²) in [4.78, 5) is 24.5. The van der Waals surface area contributed by atoms with Gasteiger partial charge >= 0.3 is 12.1 Å². The van der Waals surface area contributed by atoms with Crippen LogP contribution in [0.1, 0.15) is 48.0 Å². The molecular formula is C21H19F4NO4. The molecule has 0 spiro atoms. The van der Waals surface area contributed by atoms with Crippen molar-refractivity contribution < 1.29 is 37.0 Å². The monoisotopic (exact) mass is 425 g/mol. The molecule has 3 rings (SSSR count). The fraction of sp³-hybridized carbons (Fsp3) is 0.333. The molecule has 160 valence electrons. The molecular weight excluding hydrogens is 406 g/mol. The standard InChI is InChI=1S/C21H19F4NO4/c1-19(2,14-9-5-6-10-15(14)22)11-20(29,21(23,24)25)18(28)26-16-12-7-3-4-8-13(12)17(27)30-16/h3-10,16,29H,11H2,1-2H3,(H,26,28)/t16-,20?/m0/s1. The molecule has 1 aliphatic heterocycles. The molecule has 2 atom stereocenters. The number of hydrogen-bond acceptors (Lipinski definition) is 4. The van der Waals surface area contributed by atoms with Gasteiger partial charge in [-0.05, 0) is 23.1 Å². The van der Waals surface area contributed by atoms with Crippen molar-refractivity contribution in [3.8, 4) is 0 Å². The number of carbonyl (C=O) groups is 2. The molecule has 0 saturated carbocycles. The van der Waals surface area contributed by atoms with Gasteiger partial charge in [0, 0.05) is 12.0 Å². The Kier molecular flexibility index (Phi) is 5.36. The van der Waals surface area contributed by atoms with Crippen LogP contribution in [0, 0.1) is 5.82 Å². The third-order valence-corrected chi connectivity index (χ3v) is 5.10. The van der Waals surface area contributed by atoms with Crippen molar-refractivity contribution in [2.75, 3.05) is 0 Å². The van der Waals surface area contributed by atoms with E-state index in [4.69, 9.17) is 4.74 Å². The highest BCUT2D eigenvalue weighted by molar-refractivity contribution is 5.95. The normalized spacial score (nSPS) is 18.4. The van der Waals surface area contributed by atoms with E-state index in [9.17, 15) is 32.3 Å². The molecule has 0 fully saturated rings. The minimum Gasteiger partial charge on any atom is -0.434 e. The van der Waals surface area contributed by atoms with E-state index in [1.165, 1.54) is 56.3 Å². The number of benzene rings is 2. The molecule has 30 heavy (non-hydrogen) atoms. The predicted octanol–water partition coefficient (Wildman–Crippen LogP) is 3.77. The Hall–Kier alpha value is -2.94. The van der Waals surface area contributed by atoms with E-state index in [0.29, 0.717) is 0 Å². The largest absolute Gasteiger partial charge is 0.434 e. The minimum absolute atomic E-state index is 0.0851. The Balaban J connectivity index is 1.92. The van der Waals surface area contributed by atoms with Gasteiger partial charge in [0.15, 0.2) is 0 Å². The third-order valence-electron chi connectivity index (χ3n) is 5.10. The van der Waals surface area contributed by atoms with Crippen LogP contribution < -0.4 is 5.32 Å². The fourth-order valence-corrected chi connectivity index (χ4v) is 3.55. The molecule has 0 aromatic heterocycles. The number of carbonyl (C=O) groups excluding carboxylic acids is 2. The second kappa shape index (κ2) is 7.39. The summed E-state index contributed by atoms with van der Waals surface area (Å²) in [7, 11) is 0. The number of cyclic esters (lactones) is 1. The van der Waals surface area contributed by atoms with E-state index >= 15 is 0 Å². The fourth-order valence-electron chi connectivity index (χ4n) is 3.55. The molecule has 2 aromatic carbocycles. The molecule has 9 heteroatoms. The van der Waals surface area contributed by atoms with Crippen LogP contribution in [0.25, 0.3) is 0 Å². The van der Waals surface area contributed by atoms with Gasteiger partial charge in [-0.3, -0.25) is 4.79 Å². The van der Waals surface area contributed by atoms with Gasteiger partial charge in [-0.1, -0.05) is 50.2 Å². The molecule has 0 bridgehead atoms. The number of nitrogens with one attached hydrogen (secondary N) is 1. The van der Waals surface area contributed by atoms with Crippen LogP contribution in [-0.4, -0.2) is 28.8 Å². The highest BCUT2D eigenvalue weighted by atomic mass is 19.4. The number of rotatable bonds is 5. The summed E-state index contributed by atoms with van der Waals surface area (Å²) in [6.45, 7) is 2.58. The highest BCUT2D eigenvalue weighted by Gasteiger charge is 2.62. The van der Waals surface area contributed by atoms with E-state index in [0.717, 1.165) is 6.07 Å². The summed E-state index contributed by atoms with van der Waals surface area (Å²) in [5.74, 6) is -3.36. The number of amides is 1. The number of hydrogen-bond donors (Lipinski definition) is 2. The summed E-state index contributed by atoms with van der Waals surface area (Å²) >= 11 is 0. The van der Waals surface area contributed by atoms with Crippen molar-refractivity contribution in [2.24, 2.45) is 0 Å². The van der Waals surface area contributed by atoms with Crippen LogP contribution in [0.3, 0.4) is 0 Å². The Morgan fingerprint density at radius 3 is 2.33 bits per heavy atom. The smallest absolute Gasteiger partial charge is 0.426 e. The van der Waals surface area contributed by atoms with Gasteiger partial charge in [0.2, 0.25) is 11.8 Å². The first-order chi connectivity index (χ1) is 13.9. The zero-order valence-corrected chi connectivity index (χ0v) is 16.1. The van der Waals surface area contributed by atoms with Crippen molar-refractivity contribution in [2.45, 2.75) is 43.7 Å². The van der Waals surface area contributed by atoms with Crippen LogP contribution in [0.4, 0.5) is 17.6 Å². The minimum atomic E-state index is -5.37. The van der Waals surface area contributed by atoms with E-state index in [1.807, 2.05) is 5.32 Å². The van der Waals surface area contributed by atoms with E-state index in [1.54, 1.807) is 0 Å². The van der Waals surface area contributed by atoms with E-state index in [-0.39, 0.29) is 16.7 Å². The molecule has 5 nitrogen and oxygen atoms in total. The lowest BCUT2D eigenvalue weighted by molar-refractivity contribution is -0.258. The highest BCUT2D eigenvalue weighted by Crippen LogP contribution is 2.42. The van der Waals surface area contributed by atoms with Crippen molar-refractivity contribution in [1.82, 2.24) is 5.32 Å². The molecule has 1 heterocycles. The Morgan fingerprint density at radius 1 is 1.10 bits per heavy atom. The number of alkyl halides is 3. The molecule has 0 aliphatic carbocycles. The van der Waals surface area contributed by atoms with E-state index in [2.05, 4.69) is 0 Å². The van der Waals surface area contributed by atoms with Crippen LogP contribution in [0.5, 0.6) is 0 Å². The molecule has 0 saturated heterocycles. The molecule has 2 aromatic rings. The van der Waals surface area contributed by atoms with E-state index < -0.39 is 47.5 Å². The number of aliphatic hydroxyl groups is 1. The second-order valence-corrected chi connectivity index (χ2v) is 7.74. The van der Waals surface area contributed by atoms with Gasteiger partial charge in [0.25, 0.3) is 5.91 Å². The Morgan fingerprint density at radius 2 is 1.70 bits per heavy atom. The first-order valence-electron chi connectivity index (χ1n) is 9.02. The number of esters is 1. The topological polar surface area (TPSA) is 75.6 Å². The summed E-state index contributed by atoms with van der Waals surface area (Å²) in [6, 6.07) is 11.1. The zero-order valence-electron chi connectivity index (χ0n) is 16.1. The first kappa shape index (κ1) is 21.8. The first-order valence-corrected chi connectivity index (χ1v) is 9.02. The summed E-state index contributed by atoms with van der Waals surface area (Å²) in [5, 5.41) is 12.4. The molecule has 2 N–H and O–H groups in total. The number of fused-ring (bicyclic) bond motifs is 1.